The number of unbranched alkanes of at least 4 members (excludes halogenated alkanes) is 41. The number of rotatable bonds is 58. The molecule has 0 spiro atoms. The smallest absolute Gasteiger partial charge is 0.306 e. The van der Waals surface area contributed by atoms with E-state index in [-0.39, 0.29) is 31.1 Å². The molecule has 0 rings (SSSR count). The summed E-state index contributed by atoms with van der Waals surface area (Å²) < 4.78 is 16.9. The molecule has 416 valence electrons. The standard InChI is InChI=1S/C65H120O6/c1-4-7-10-13-16-19-22-25-28-29-30-31-32-33-34-35-36-37-38-41-43-46-49-52-55-58-64(67)70-61-62(71-65(68)59-56-53-50-47-44-40-27-24-21-18-15-12-9-6-3)60-69-63(66)57-54-51-48-45-42-39-26-23-20-17-14-11-8-5-2/h15,18,24,27,29-30,62H,4-14,16-17,19-23,25-26,28,31-61H2,1-3H3/b18-15-,27-24-,30-29-. The van der Waals surface area contributed by atoms with E-state index in [1.54, 1.807) is 0 Å². The molecule has 0 aromatic heterocycles. The molecule has 0 saturated carbocycles. The highest BCUT2D eigenvalue weighted by atomic mass is 16.6. The van der Waals surface area contributed by atoms with E-state index in [0.717, 1.165) is 83.5 Å². The van der Waals surface area contributed by atoms with Crippen LogP contribution in [0.5, 0.6) is 0 Å². The van der Waals surface area contributed by atoms with Gasteiger partial charge in [-0.25, -0.2) is 0 Å². The number of esters is 3. The molecule has 0 bridgehead atoms. The molecular formula is C65H120O6. The van der Waals surface area contributed by atoms with Gasteiger partial charge in [0.15, 0.2) is 6.10 Å². The van der Waals surface area contributed by atoms with Crippen molar-refractivity contribution in [3.8, 4) is 0 Å². The summed E-state index contributed by atoms with van der Waals surface area (Å²) in [6, 6.07) is 0. The minimum atomic E-state index is -0.776. The van der Waals surface area contributed by atoms with Gasteiger partial charge >= 0.3 is 17.9 Å². The van der Waals surface area contributed by atoms with E-state index in [2.05, 4.69) is 57.2 Å². The lowest BCUT2D eigenvalue weighted by molar-refractivity contribution is -0.167. The minimum Gasteiger partial charge on any atom is -0.462 e. The third-order valence-electron chi connectivity index (χ3n) is 14.1. The lowest BCUT2D eigenvalue weighted by Crippen LogP contribution is -2.30. The number of carbonyl (C=O) groups excluding carboxylic acids is 3. The first kappa shape index (κ1) is 68.6. The summed E-state index contributed by atoms with van der Waals surface area (Å²) in [4.78, 5) is 38.2. The highest BCUT2D eigenvalue weighted by Gasteiger charge is 2.19. The first-order valence-electron chi connectivity index (χ1n) is 31.5. The van der Waals surface area contributed by atoms with E-state index < -0.39 is 6.10 Å². The van der Waals surface area contributed by atoms with Crippen LogP contribution in [0, 0.1) is 0 Å². The highest BCUT2D eigenvalue weighted by Crippen LogP contribution is 2.17. The molecule has 0 aliphatic carbocycles. The first-order valence-corrected chi connectivity index (χ1v) is 31.5. The average molecular weight is 998 g/mol. The van der Waals surface area contributed by atoms with Gasteiger partial charge < -0.3 is 14.2 Å². The van der Waals surface area contributed by atoms with Crippen LogP contribution >= 0.6 is 0 Å². The Labute approximate surface area is 442 Å². The molecule has 0 radical (unpaired) electrons. The van der Waals surface area contributed by atoms with Crippen LogP contribution in [0.3, 0.4) is 0 Å². The number of allylic oxidation sites excluding steroid dienone is 6. The van der Waals surface area contributed by atoms with Gasteiger partial charge in [-0.2, -0.15) is 0 Å². The minimum absolute atomic E-state index is 0.0736. The molecule has 0 aromatic rings. The second-order valence-corrected chi connectivity index (χ2v) is 21.3. The molecule has 0 amide bonds. The van der Waals surface area contributed by atoms with Crippen LogP contribution in [-0.2, 0) is 28.6 Å². The third-order valence-corrected chi connectivity index (χ3v) is 14.1. The predicted molar refractivity (Wildman–Crippen MR) is 307 cm³/mol. The van der Waals surface area contributed by atoms with Crippen molar-refractivity contribution in [1.29, 1.82) is 0 Å². The summed E-state index contributed by atoms with van der Waals surface area (Å²) in [5.74, 6) is -0.867. The van der Waals surface area contributed by atoms with Gasteiger partial charge in [0, 0.05) is 19.3 Å². The Morgan fingerprint density at radius 1 is 0.282 bits per heavy atom. The molecule has 0 heterocycles. The summed E-state index contributed by atoms with van der Waals surface area (Å²) in [5, 5.41) is 0. The zero-order valence-electron chi connectivity index (χ0n) is 47.8. The van der Waals surface area contributed by atoms with Gasteiger partial charge in [0.1, 0.15) is 13.2 Å². The maximum absolute atomic E-state index is 12.9. The average Bonchev–Trinajstić information content (AvgIpc) is 3.37. The Morgan fingerprint density at radius 3 is 0.831 bits per heavy atom. The fourth-order valence-corrected chi connectivity index (χ4v) is 9.34. The van der Waals surface area contributed by atoms with Crippen molar-refractivity contribution in [2.24, 2.45) is 0 Å². The van der Waals surface area contributed by atoms with Crippen molar-refractivity contribution in [3.63, 3.8) is 0 Å². The Morgan fingerprint density at radius 2 is 0.521 bits per heavy atom. The molecule has 6 nitrogen and oxygen atoms in total. The van der Waals surface area contributed by atoms with E-state index in [4.69, 9.17) is 14.2 Å². The Bertz CT molecular complexity index is 1190. The SMILES string of the molecule is CCCC/C=C\C/C=C\CCCCCCCC(=O)OC(COC(=O)CCCCCCCCCCCCCCCC)COC(=O)CCCCCCCCCCCCCCC/C=C\CCCCCCCCCC. The van der Waals surface area contributed by atoms with Crippen molar-refractivity contribution in [2.75, 3.05) is 13.2 Å². The summed E-state index contributed by atoms with van der Waals surface area (Å²) in [5.41, 5.74) is 0. The zero-order valence-corrected chi connectivity index (χ0v) is 47.8. The van der Waals surface area contributed by atoms with Crippen LogP contribution in [0.15, 0.2) is 36.5 Å². The molecule has 6 heteroatoms. The Hall–Kier alpha value is -2.37. The fourth-order valence-electron chi connectivity index (χ4n) is 9.34. The molecule has 1 unspecified atom stereocenters. The normalized spacial score (nSPS) is 12.2. The molecule has 71 heavy (non-hydrogen) atoms. The summed E-state index contributed by atoms with van der Waals surface area (Å²) in [6.45, 7) is 6.64. The van der Waals surface area contributed by atoms with E-state index in [0.29, 0.717) is 19.3 Å². The lowest BCUT2D eigenvalue weighted by atomic mass is 10.0. The van der Waals surface area contributed by atoms with Gasteiger partial charge in [0.05, 0.1) is 0 Å². The summed E-state index contributed by atoms with van der Waals surface area (Å²) in [7, 11) is 0. The monoisotopic (exact) mass is 997 g/mol. The van der Waals surface area contributed by atoms with Gasteiger partial charge in [-0.05, 0) is 70.6 Å². The topological polar surface area (TPSA) is 78.9 Å². The van der Waals surface area contributed by atoms with Gasteiger partial charge in [-0.1, -0.05) is 288 Å². The van der Waals surface area contributed by atoms with Crippen molar-refractivity contribution in [3.05, 3.63) is 36.5 Å². The lowest BCUT2D eigenvalue weighted by Gasteiger charge is -2.18. The van der Waals surface area contributed by atoms with Gasteiger partial charge in [0.2, 0.25) is 0 Å². The van der Waals surface area contributed by atoms with E-state index >= 15 is 0 Å². The number of hydrogen-bond acceptors (Lipinski definition) is 6. The van der Waals surface area contributed by atoms with Crippen LogP contribution in [0.4, 0.5) is 0 Å². The summed E-state index contributed by atoms with van der Waals surface area (Å²) >= 11 is 0. The van der Waals surface area contributed by atoms with Crippen LogP contribution in [0.25, 0.3) is 0 Å². The summed E-state index contributed by atoms with van der Waals surface area (Å²) in [6.07, 6.45) is 72.9. The highest BCUT2D eigenvalue weighted by molar-refractivity contribution is 5.71. The Balaban J connectivity index is 4.23. The van der Waals surface area contributed by atoms with Crippen LogP contribution in [0.1, 0.15) is 342 Å². The van der Waals surface area contributed by atoms with Gasteiger partial charge in [-0.15, -0.1) is 0 Å². The second kappa shape index (κ2) is 60.2. The molecule has 0 aromatic carbocycles. The van der Waals surface area contributed by atoms with E-state index in [1.165, 1.54) is 218 Å². The second-order valence-electron chi connectivity index (χ2n) is 21.3. The maximum Gasteiger partial charge on any atom is 0.306 e. The van der Waals surface area contributed by atoms with E-state index in [1.807, 2.05) is 0 Å². The molecule has 0 fully saturated rings. The number of carbonyl (C=O) groups is 3. The van der Waals surface area contributed by atoms with Crippen LogP contribution in [-0.4, -0.2) is 37.2 Å². The van der Waals surface area contributed by atoms with E-state index in [9.17, 15) is 14.4 Å². The Kier molecular flexibility index (Phi) is 58.2. The van der Waals surface area contributed by atoms with Crippen molar-refractivity contribution >= 4 is 17.9 Å². The third kappa shape index (κ3) is 58.4. The fraction of sp³-hybridized carbons (Fsp3) is 0.862. The quantitative estimate of drug-likeness (QED) is 0.0261. The van der Waals surface area contributed by atoms with Gasteiger partial charge in [-0.3, -0.25) is 14.4 Å². The molecule has 1 atom stereocenters. The number of ether oxygens (including phenoxy) is 3. The molecule has 0 aliphatic rings. The predicted octanol–water partition coefficient (Wildman–Crippen LogP) is 21.2. The van der Waals surface area contributed by atoms with Gasteiger partial charge in [0.25, 0.3) is 0 Å². The molecule has 0 aliphatic heterocycles. The first-order chi connectivity index (χ1) is 35.0. The van der Waals surface area contributed by atoms with Crippen LogP contribution < -0.4 is 0 Å². The largest absolute Gasteiger partial charge is 0.462 e. The van der Waals surface area contributed by atoms with Crippen molar-refractivity contribution < 1.29 is 28.6 Å². The number of hydrogen-bond donors (Lipinski definition) is 0. The molecular weight excluding hydrogens is 877 g/mol. The van der Waals surface area contributed by atoms with Crippen molar-refractivity contribution in [1.82, 2.24) is 0 Å². The molecule has 0 saturated heterocycles. The maximum atomic E-state index is 12.9. The van der Waals surface area contributed by atoms with Crippen LogP contribution in [0.2, 0.25) is 0 Å². The molecule has 0 N–H and O–H groups in total. The van der Waals surface area contributed by atoms with Crippen molar-refractivity contribution in [2.45, 2.75) is 348 Å². The zero-order chi connectivity index (χ0) is 51.4.